The van der Waals surface area contributed by atoms with Gasteiger partial charge in [-0.15, -0.1) is 0 Å². The number of anilines is 1. The summed E-state index contributed by atoms with van der Waals surface area (Å²) in [5, 5.41) is 11.9. The van der Waals surface area contributed by atoms with Gasteiger partial charge >= 0.3 is 5.97 Å². The highest BCUT2D eigenvalue weighted by Gasteiger charge is 2.02. The number of nitrogens with zero attached hydrogens (tertiary/aromatic N) is 3. The maximum Gasteiger partial charge on any atom is 0.304 e. The van der Waals surface area contributed by atoms with Gasteiger partial charge in [0.15, 0.2) is 5.16 Å². The average Bonchev–Trinajstić information content (AvgIpc) is 2.26. The van der Waals surface area contributed by atoms with Crippen LogP contribution in [-0.2, 0) is 4.79 Å². The van der Waals surface area contributed by atoms with Crippen LogP contribution in [0.25, 0.3) is 0 Å². The molecule has 0 fully saturated rings. The van der Waals surface area contributed by atoms with Crippen molar-refractivity contribution >= 4 is 23.7 Å². The molecule has 0 aliphatic rings. The summed E-state index contributed by atoms with van der Waals surface area (Å²) in [5.74, 6) is 0.0664. The van der Waals surface area contributed by atoms with E-state index in [9.17, 15) is 4.79 Å². The maximum absolute atomic E-state index is 10.3. The monoisotopic (exact) mass is 243 g/mol. The van der Waals surface area contributed by atoms with Gasteiger partial charge in [-0.25, -0.2) is 9.97 Å². The van der Waals surface area contributed by atoms with Crippen LogP contribution in [-0.4, -0.2) is 44.9 Å². The van der Waals surface area contributed by atoms with Crippen LogP contribution in [0.2, 0.25) is 0 Å². The number of thioether (sulfide) groups is 1. The first-order valence-electron chi connectivity index (χ1n) is 4.70. The first-order chi connectivity index (χ1) is 7.72. The molecule has 7 nitrogen and oxygen atoms in total. The third-order valence-electron chi connectivity index (χ3n) is 1.52. The van der Waals surface area contributed by atoms with Crippen molar-refractivity contribution in [3.05, 3.63) is 6.33 Å². The van der Waals surface area contributed by atoms with Gasteiger partial charge in [-0.3, -0.25) is 4.79 Å². The van der Waals surface area contributed by atoms with Crippen molar-refractivity contribution in [3.8, 4) is 0 Å². The maximum atomic E-state index is 10.3. The Balaban J connectivity index is 2.43. The fourth-order valence-electron chi connectivity index (χ4n) is 0.850. The molecule has 16 heavy (non-hydrogen) atoms. The van der Waals surface area contributed by atoms with E-state index < -0.39 is 5.97 Å². The van der Waals surface area contributed by atoms with Crippen LogP contribution in [0.3, 0.4) is 0 Å². The lowest BCUT2D eigenvalue weighted by Crippen LogP contribution is -2.15. The third kappa shape index (κ3) is 4.89. The Kier molecular flexibility index (Phi) is 5.51. The lowest BCUT2D eigenvalue weighted by Gasteiger charge is -2.03. The van der Waals surface area contributed by atoms with Gasteiger partial charge in [0.25, 0.3) is 0 Å². The molecule has 1 aromatic rings. The summed E-state index contributed by atoms with van der Waals surface area (Å²) in [4.78, 5) is 22.2. The average molecular weight is 243 g/mol. The largest absolute Gasteiger partial charge is 0.481 e. The fourth-order valence-corrected chi connectivity index (χ4v) is 1.58. The van der Waals surface area contributed by atoms with Crippen LogP contribution < -0.4 is 11.1 Å². The van der Waals surface area contributed by atoms with E-state index in [1.54, 1.807) is 0 Å². The number of nitrogens with two attached hydrogens (primary N) is 1. The zero-order valence-electron chi connectivity index (χ0n) is 8.59. The molecule has 1 aromatic heterocycles. The zero-order valence-corrected chi connectivity index (χ0v) is 9.40. The SMILES string of the molecule is NCCNc1ncnc(SCCC(=O)O)n1. The van der Waals surface area contributed by atoms with Gasteiger partial charge in [0.05, 0.1) is 6.42 Å². The predicted molar refractivity (Wildman–Crippen MR) is 60.3 cm³/mol. The predicted octanol–water partition coefficient (Wildman–Crippen LogP) is -0.191. The van der Waals surface area contributed by atoms with Crippen molar-refractivity contribution in [2.24, 2.45) is 5.73 Å². The molecule has 1 heterocycles. The lowest BCUT2D eigenvalue weighted by atomic mass is 10.5. The number of carboxylic acids is 1. The number of nitrogens with one attached hydrogen (secondary N) is 1. The second-order valence-corrected chi connectivity index (χ2v) is 3.86. The Morgan fingerprint density at radius 2 is 2.38 bits per heavy atom. The lowest BCUT2D eigenvalue weighted by molar-refractivity contribution is -0.136. The van der Waals surface area contributed by atoms with Crippen LogP contribution >= 0.6 is 11.8 Å². The van der Waals surface area contributed by atoms with Gasteiger partial charge in [0.2, 0.25) is 5.95 Å². The van der Waals surface area contributed by atoms with Crippen LogP contribution in [0, 0.1) is 0 Å². The molecule has 0 radical (unpaired) electrons. The molecule has 8 heteroatoms. The topological polar surface area (TPSA) is 114 Å². The number of carbonyl (C=O) groups is 1. The summed E-state index contributed by atoms with van der Waals surface area (Å²) < 4.78 is 0. The fraction of sp³-hybridized carbons (Fsp3) is 0.500. The van der Waals surface area contributed by atoms with Crippen molar-refractivity contribution in [1.82, 2.24) is 15.0 Å². The Hall–Kier alpha value is -1.41. The molecule has 0 aliphatic carbocycles. The standard InChI is InChI=1S/C8H13N5O2S/c9-2-3-10-7-11-5-12-8(13-7)16-4-1-6(14)15/h5H,1-4,9H2,(H,14,15)(H,10,11,12,13). The van der Waals surface area contributed by atoms with Gasteiger partial charge in [-0.05, 0) is 0 Å². The van der Waals surface area contributed by atoms with Gasteiger partial charge in [0, 0.05) is 18.8 Å². The Morgan fingerprint density at radius 3 is 3.06 bits per heavy atom. The van der Waals surface area contributed by atoms with E-state index in [0.717, 1.165) is 0 Å². The highest BCUT2D eigenvalue weighted by molar-refractivity contribution is 7.99. The van der Waals surface area contributed by atoms with Crippen molar-refractivity contribution < 1.29 is 9.90 Å². The van der Waals surface area contributed by atoms with E-state index in [1.807, 2.05) is 0 Å². The molecule has 1 rings (SSSR count). The van der Waals surface area contributed by atoms with Gasteiger partial charge in [-0.2, -0.15) is 4.98 Å². The minimum atomic E-state index is -0.831. The summed E-state index contributed by atoms with van der Waals surface area (Å²) in [6, 6.07) is 0. The van der Waals surface area contributed by atoms with E-state index in [-0.39, 0.29) is 6.42 Å². The summed E-state index contributed by atoms with van der Waals surface area (Å²) in [6.45, 7) is 1.08. The molecule has 0 aromatic carbocycles. The molecule has 0 spiro atoms. The van der Waals surface area contributed by atoms with E-state index in [2.05, 4.69) is 20.3 Å². The van der Waals surface area contributed by atoms with E-state index >= 15 is 0 Å². The molecule has 4 N–H and O–H groups in total. The molecule has 0 saturated heterocycles. The highest BCUT2D eigenvalue weighted by atomic mass is 32.2. The van der Waals surface area contributed by atoms with Crippen LogP contribution in [0.4, 0.5) is 5.95 Å². The van der Waals surface area contributed by atoms with Crippen molar-refractivity contribution in [3.63, 3.8) is 0 Å². The molecule has 0 atom stereocenters. The molecule has 0 aliphatic heterocycles. The zero-order chi connectivity index (χ0) is 11.8. The molecular formula is C8H13N5O2S. The number of aliphatic carboxylic acids is 1. The molecular weight excluding hydrogens is 230 g/mol. The number of rotatable bonds is 7. The number of hydrogen-bond acceptors (Lipinski definition) is 7. The molecule has 88 valence electrons. The Morgan fingerprint density at radius 1 is 1.56 bits per heavy atom. The summed E-state index contributed by atoms with van der Waals surface area (Å²) in [5.41, 5.74) is 5.32. The highest BCUT2D eigenvalue weighted by Crippen LogP contribution is 2.13. The molecule has 0 saturated carbocycles. The van der Waals surface area contributed by atoms with Gasteiger partial charge in [-0.1, -0.05) is 11.8 Å². The van der Waals surface area contributed by atoms with Crippen molar-refractivity contribution in [2.45, 2.75) is 11.6 Å². The third-order valence-corrected chi connectivity index (χ3v) is 2.39. The number of aromatic nitrogens is 3. The summed E-state index contributed by atoms with van der Waals surface area (Å²) in [6.07, 6.45) is 1.47. The smallest absolute Gasteiger partial charge is 0.304 e. The van der Waals surface area contributed by atoms with Gasteiger partial charge in [0.1, 0.15) is 6.33 Å². The minimum Gasteiger partial charge on any atom is -0.481 e. The normalized spacial score (nSPS) is 10.1. The van der Waals surface area contributed by atoms with Crippen LogP contribution in [0.1, 0.15) is 6.42 Å². The summed E-state index contributed by atoms with van der Waals surface area (Å²) >= 11 is 1.28. The summed E-state index contributed by atoms with van der Waals surface area (Å²) in [7, 11) is 0. The molecule has 0 unspecified atom stereocenters. The number of carboxylic acid groups (broad SMARTS) is 1. The van der Waals surface area contributed by atoms with Gasteiger partial charge < -0.3 is 16.2 Å². The van der Waals surface area contributed by atoms with Crippen LogP contribution in [0.5, 0.6) is 0 Å². The number of hydrogen-bond donors (Lipinski definition) is 3. The quantitative estimate of drug-likeness (QED) is 0.564. The van der Waals surface area contributed by atoms with E-state index in [4.69, 9.17) is 10.8 Å². The second-order valence-electron chi connectivity index (χ2n) is 2.80. The second kappa shape index (κ2) is 6.96. The first kappa shape index (κ1) is 12.7. The Bertz CT molecular complexity index is 349. The first-order valence-corrected chi connectivity index (χ1v) is 5.68. The van der Waals surface area contributed by atoms with Crippen LogP contribution in [0.15, 0.2) is 11.5 Å². The molecule has 0 bridgehead atoms. The van der Waals surface area contributed by atoms with Crippen molar-refractivity contribution in [2.75, 3.05) is 24.2 Å². The van der Waals surface area contributed by atoms with E-state index in [0.29, 0.717) is 29.9 Å². The molecule has 0 amide bonds. The minimum absolute atomic E-state index is 0.0852. The van der Waals surface area contributed by atoms with Crippen molar-refractivity contribution in [1.29, 1.82) is 0 Å². The van der Waals surface area contributed by atoms with E-state index in [1.165, 1.54) is 18.1 Å². The Labute approximate surface area is 96.9 Å².